The van der Waals surface area contributed by atoms with Crippen LogP contribution in [0.25, 0.3) is 0 Å². The maximum absolute atomic E-state index is 12.1. The van der Waals surface area contributed by atoms with Crippen molar-refractivity contribution in [3.05, 3.63) is 54.6 Å². The van der Waals surface area contributed by atoms with E-state index in [0.29, 0.717) is 17.1 Å². The molecule has 2 aromatic rings. The summed E-state index contributed by atoms with van der Waals surface area (Å²) >= 11 is 0. The van der Waals surface area contributed by atoms with Crippen molar-refractivity contribution < 1.29 is 13.2 Å². The van der Waals surface area contributed by atoms with Crippen LogP contribution in [0.15, 0.2) is 59.5 Å². The lowest BCUT2D eigenvalue weighted by Crippen LogP contribution is -2.06. The normalized spacial score (nSPS) is 11.3. The molecule has 0 heterocycles. The van der Waals surface area contributed by atoms with Gasteiger partial charge in [-0.2, -0.15) is 0 Å². The minimum Gasteiger partial charge on any atom is -0.457 e. The summed E-state index contributed by atoms with van der Waals surface area (Å²) < 4.78 is 29.9. The van der Waals surface area contributed by atoms with Crippen LogP contribution < -0.4 is 4.74 Å². The number of ether oxygens (including phenoxy) is 1. The third-order valence-corrected chi connectivity index (χ3v) is 4.99. The average Bonchev–Trinajstić information content (AvgIpc) is 2.49. The Morgan fingerprint density at radius 2 is 1.48 bits per heavy atom. The van der Waals surface area contributed by atoms with E-state index < -0.39 is 9.84 Å². The third-order valence-electron chi connectivity index (χ3n) is 3.18. The Bertz CT molecular complexity index is 646. The highest BCUT2D eigenvalue weighted by Crippen LogP contribution is 2.23. The van der Waals surface area contributed by atoms with E-state index >= 15 is 0 Å². The van der Waals surface area contributed by atoms with Crippen LogP contribution in [-0.4, -0.2) is 14.2 Å². The van der Waals surface area contributed by atoms with E-state index in [2.05, 4.69) is 6.92 Å². The van der Waals surface area contributed by atoms with Gasteiger partial charge in [-0.15, -0.1) is 0 Å². The van der Waals surface area contributed by atoms with Gasteiger partial charge in [-0.1, -0.05) is 38.0 Å². The zero-order chi connectivity index (χ0) is 15.1. The quantitative estimate of drug-likeness (QED) is 0.710. The summed E-state index contributed by atoms with van der Waals surface area (Å²) in [6, 6.07) is 16.0. The van der Waals surface area contributed by atoms with Crippen molar-refractivity contribution in [1.29, 1.82) is 0 Å². The van der Waals surface area contributed by atoms with Crippen LogP contribution >= 0.6 is 0 Å². The van der Waals surface area contributed by atoms with Gasteiger partial charge >= 0.3 is 0 Å². The third kappa shape index (κ3) is 4.60. The van der Waals surface area contributed by atoms with Crippen LogP contribution in [0.3, 0.4) is 0 Å². The van der Waals surface area contributed by atoms with Gasteiger partial charge in [-0.25, -0.2) is 8.42 Å². The SMILES string of the molecule is CCCCCS(=O)(=O)c1ccc(Oc2ccccc2)cc1. The van der Waals surface area contributed by atoms with E-state index in [1.807, 2.05) is 30.3 Å². The van der Waals surface area contributed by atoms with Gasteiger partial charge in [0, 0.05) is 0 Å². The topological polar surface area (TPSA) is 43.4 Å². The fraction of sp³-hybridized carbons (Fsp3) is 0.294. The average molecular weight is 304 g/mol. The molecule has 0 aliphatic carbocycles. The number of rotatable bonds is 7. The van der Waals surface area contributed by atoms with Crippen LogP contribution in [0.2, 0.25) is 0 Å². The Morgan fingerprint density at radius 1 is 0.857 bits per heavy atom. The monoisotopic (exact) mass is 304 g/mol. The number of benzene rings is 2. The van der Waals surface area contributed by atoms with E-state index in [1.165, 1.54) is 0 Å². The molecule has 0 aliphatic rings. The standard InChI is InChI=1S/C17H20O3S/c1-2-3-7-14-21(18,19)17-12-10-16(11-13-17)20-15-8-5-4-6-9-15/h4-6,8-13H,2-3,7,14H2,1H3. The highest BCUT2D eigenvalue weighted by atomic mass is 32.2. The molecule has 0 bridgehead atoms. The minimum absolute atomic E-state index is 0.208. The van der Waals surface area contributed by atoms with Crippen molar-refractivity contribution in [3.63, 3.8) is 0 Å². The smallest absolute Gasteiger partial charge is 0.178 e. The Morgan fingerprint density at radius 3 is 2.10 bits per heavy atom. The van der Waals surface area contributed by atoms with Crippen molar-refractivity contribution in [1.82, 2.24) is 0 Å². The van der Waals surface area contributed by atoms with E-state index in [9.17, 15) is 8.42 Å². The van der Waals surface area contributed by atoms with Crippen LogP contribution in [-0.2, 0) is 9.84 Å². The molecule has 0 radical (unpaired) electrons. The zero-order valence-electron chi connectivity index (χ0n) is 12.2. The first-order valence-electron chi connectivity index (χ1n) is 7.17. The van der Waals surface area contributed by atoms with Gasteiger partial charge in [0.25, 0.3) is 0 Å². The fourth-order valence-electron chi connectivity index (χ4n) is 2.00. The zero-order valence-corrected chi connectivity index (χ0v) is 13.0. The van der Waals surface area contributed by atoms with Crippen molar-refractivity contribution >= 4 is 9.84 Å². The number of sulfone groups is 1. The Labute approximate surface area is 126 Å². The van der Waals surface area contributed by atoms with Crippen molar-refractivity contribution in [2.75, 3.05) is 5.75 Å². The molecule has 0 spiro atoms. The minimum atomic E-state index is -3.18. The second-order valence-corrected chi connectivity index (χ2v) is 7.02. The van der Waals surface area contributed by atoms with E-state index in [4.69, 9.17) is 4.74 Å². The lowest BCUT2D eigenvalue weighted by Gasteiger charge is -2.07. The molecule has 4 heteroatoms. The van der Waals surface area contributed by atoms with Crippen LogP contribution in [0.1, 0.15) is 26.2 Å². The first kappa shape index (κ1) is 15.6. The van der Waals surface area contributed by atoms with Crippen molar-refractivity contribution in [3.8, 4) is 11.5 Å². The highest BCUT2D eigenvalue weighted by Gasteiger charge is 2.13. The first-order chi connectivity index (χ1) is 10.1. The van der Waals surface area contributed by atoms with Gasteiger partial charge in [0.05, 0.1) is 10.6 Å². The van der Waals surface area contributed by atoms with Gasteiger partial charge in [-0.05, 0) is 42.8 Å². The van der Waals surface area contributed by atoms with Gasteiger partial charge in [0.1, 0.15) is 11.5 Å². The molecule has 0 saturated heterocycles. The Hall–Kier alpha value is -1.81. The molecule has 112 valence electrons. The molecule has 21 heavy (non-hydrogen) atoms. The second kappa shape index (κ2) is 7.27. The van der Waals surface area contributed by atoms with Crippen LogP contribution in [0.5, 0.6) is 11.5 Å². The van der Waals surface area contributed by atoms with Crippen LogP contribution in [0.4, 0.5) is 0 Å². The molecule has 0 amide bonds. The summed E-state index contributed by atoms with van der Waals surface area (Å²) in [6.07, 6.45) is 2.66. The second-order valence-electron chi connectivity index (χ2n) is 4.91. The van der Waals surface area contributed by atoms with Crippen LogP contribution in [0, 0.1) is 0 Å². The maximum atomic E-state index is 12.1. The Kier molecular flexibility index (Phi) is 5.39. The lowest BCUT2D eigenvalue weighted by molar-refractivity contribution is 0.482. The van der Waals surface area contributed by atoms with Gasteiger partial charge < -0.3 is 4.74 Å². The molecule has 0 atom stereocenters. The predicted molar refractivity (Wildman–Crippen MR) is 84.5 cm³/mol. The van der Waals surface area contributed by atoms with Crippen molar-refractivity contribution in [2.45, 2.75) is 31.1 Å². The molecule has 0 aromatic heterocycles. The van der Waals surface area contributed by atoms with Crippen molar-refractivity contribution in [2.24, 2.45) is 0 Å². The largest absolute Gasteiger partial charge is 0.457 e. The van der Waals surface area contributed by atoms with E-state index in [-0.39, 0.29) is 5.75 Å². The molecule has 0 N–H and O–H groups in total. The predicted octanol–water partition coefficient (Wildman–Crippen LogP) is 4.44. The molecule has 3 nitrogen and oxygen atoms in total. The number of hydrogen-bond acceptors (Lipinski definition) is 3. The molecule has 2 rings (SSSR count). The van der Waals surface area contributed by atoms with Gasteiger partial charge in [0.15, 0.2) is 9.84 Å². The molecule has 0 aliphatic heterocycles. The van der Waals surface area contributed by atoms with E-state index in [0.717, 1.165) is 18.6 Å². The molecular formula is C17H20O3S. The lowest BCUT2D eigenvalue weighted by atomic mass is 10.3. The summed E-state index contributed by atoms with van der Waals surface area (Å²) in [5.74, 6) is 1.57. The summed E-state index contributed by atoms with van der Waals surface area (Å²) in [4.78, 5) is 0.360. The maximum Gasteiger partial charge on any atom is 0.178 e. The number of hydrogen-bond donors (Lipinski definition) is 0. The fourth-order valence-corrected chi connectivity index (χ4v) is 3.37. The molecule has 0 fully saturated rings. The molecule has 0 saturated carbocycles. The summed E-state index contributed by atoms with van der Waals surface area (Å²) in [7, 11) is -3.18. The molecular weight excluding hydrogens is 284 g/mol. The summed E-state index contributed by atoms with van der Waals surface area (Å²) in [5, 5.41) is 0. The highest BCUT2D eigenvalue weighted by molar-refractivity contribution is 7.91. The Balaban J connectivity index is 2.05. The summed E-state index contributed by atoms with van der Waals surface area (Å²) in [5.41, 5.74) is 0. The number of unbranched alkanes of at least 4 members (excludes halogenated alkanes) is 2. The first-order valence-corrected chi connectivity index (χ1v) is 8.83. The van der Waals surface area contributed by atoms with Gasteiger partial charge in [0.2, 0.25) is 0 Å². The molecule has 2 aromatic carbocycles. The number of para-hydroxylation sites is 1. The van der Waals surface area contributed by atoms with E-state index in [1.54, 1.807) is 24.3 Å². The van der Waals surface area contributed by atoms with Gasteiger partial charge in [-0.3, -0.25) is 0 Å². The molecule has 0 unspecified atom stereocenters. The summed E-state index contributed by atoms with van der Waals surface area (Å²) in [6.45, 7) is 2.06.